The second-order valence-corrected chi connectivity index (χ2v) is 12.3. The Kier molecular flexibility index (Phi) is 7.12. The van der Waals surface area contributed by atoms with Crippen molar-refractivity contribution in [2.75, 3.05) is 16.6 Å². The number of hydrogen-bond donors (Lipinski definition) is 2. The highest BCUT2D eigenvalue weighted by Crippen LogP contribution is 2.27. The van der Waals surface area contributed by atoms with E-state index in [0.717, 1.165) is 5.56 Å². The summed E-state index contributed by atoms with van der Waals surface area (Å²) in [5.74, 6) is -0.499. The third-order valence-corrected chi connectivity index (χ3v) is 9.04. The number of carbonyl (C=O) groups is 1. The third-order valence-electron chi connectivity index (χ3n) is 5.77. The van der Waals surface area contributed by atoms with Crippen LogP contribution in [0.3, 0.4) is 0 Å². The fourth-order valence-corrected chi connectivity index (χ4v) is 6.63. The van der Waals surface area contributed by atoms with Crippen LogP contribution in [0.5, 0.6) is 0 Å². The van der Waals surface area contributed by atoms with Crippen molar-refractivity contribution >= 4 is 37.6 Å². The molecular formula is C24H27N5O5S2. The Morgan fingerprint density at radius 2 is 1.47 bits per heavy atom. The fourth-order valence-electron chi connectivity index (χ4n) is 4.03. The number of aromatic nitrogens is 2. The van der Waals surface area contributed by atoms with E-state index in [1.165, 1.54) is 40.7 Å². The van der Waals surface area contributed by atoms with Gasteiger partial charge in [-0.2, -0.15) is 4.31 Å². The summed E-state index contributed by atoms with van der Waals surface area (Å²) in [6.07, 6.45) is 0.954. The number of aryl methyl sites for hydroxylation is 3. The van der Waals surface area contributed by atoms with E-state index in [0.29, 0.717) is 29.9 Å². The molecule has 1 fully saturated rings. The molecule has 2 heterocycles. The summed E-state index contributed by atoms with van der Waals surface area (Å²) >= 11 is 0. The first kappa shape index (κ1) is 25.7. The molecule has 0 saturated carbocycles. The smallest absolute Gasteiger partial charge is 0.264 e. The SMILES string of the molecule is Cc1ccc(S(=O)(=O)N2CCCC2C(=O)Nc2ccc(S(=O)(=O)Nc3nc(C)cc(C)n3)cc2)cc1. The molecular weight excluding hydrogens is 502 g/mol. The number of benzene rings is 2. The molecule has 0 radical (unpaired) electrons. The normalized spacial score (nSPS) is 16.6. The van der Waals surface area contributed by atoms with Gasteiger partial charge < -0.3 is 5.32 Å². The van der Waals surface area contributed by atoms with Crippen LogP contribution in [0.1, 0.15) is 29.8 Å². The summed E-state index contributed by atoms with van der Waals surface area (Å²) in [4.78, 5) is 21.3. The summed E-state index contributed by atoms with van der Waals surface area (Å²) in [6, 6.07) is 13.0. The highest BCUT2D eigenvalue weighted by Gasteiger charge is 2.39. The molecule has 1 aliphatic rings. The molecule has 190 valence electrons. The predicted molar refractivity (Wildman–Crippen MR) is 135 cm³/mol. The highest BCUT2D eigenvalue weighted by atomic mass is 32.2. The van der Waals surface area contributed by atoms with Crippen LogP contribution in [0.2, 0.25) is 0 Å². The minimum atomic E-state index is -3.94. The summed E-state index contributed by atoms with van der Waals surface area (Å²) in [5, 5.41) is 2.70. The second-order valence-electron chi connectivity index (χ2n) is 8.68. The van der Waals surface area contributed by atoms with Gasteiger partial charge in [-0.25, -0.2) is 31.5 Å². The van der Waals surface area contributed by atoms with Crippen LogP contribution in [0, 0.1) is 20.8 Å². The molecule has 1 unspecified atom stereocenters. The van der Waals surface area contributed by atoms with Crippen molar-refractivity contribution in [3.63, 3.8) is 0 Å². The van der Waals surface area contributed by atoms with E-state index in [-0.39, 0.29) is 22.3 Å². The summed E-state index contributed by atoms with van der Waals surface area (Å²) in [7, 11) is -7.78. The zero-order valence-electron chi connectivity index (χ0n) is 20.1. The lowest BCUT2D eigenvalue weighted by atomic mass is 10.2. The summed E-state index contributed by atoms with van der Waals surface area (Å²) in [5.41, 5.74) is 2.54. The minimum absolute atomic E-state index is 0.0269. The maximum atomic E-state index is 13.1. The van der Waals surface area contributed by atoms with Gasteiger partial charge in [0.25, 0.3) is 10.0 Å². The Bertz CT molecular complexity index is 1470. The standard InChI is InChI=1S/C24H27N5O5S2/c1-16-6-10-21(11-7-16)36(33,34)29-14-4-5-22(29)23(30)27-19-8-12-20(13-9-19)35(31,32)28-24-25-17(2)15-18(3)26-24/h6-13,15,22H,4-5,14H2,1-3H3,(H,27,30)(H,25,26,28). The monoisotopic (exact) mass is 529 g/mol. The number of nitrogens with zero attached hydrogens (tertiary/aromatic N) is 3. The quantitative estimate of drug-likeness (QED) is 0.480. The number of anilines is 2. The van der Waals surface area contributed by atoms with Crippen LogP contribution < -0.4 is 10.0 Å². The van der Waals surface area contributed by atoms with Gasteiger partial charge in [-0.05, 0) is 76.1 Å². The van der Waals surface area contributed by atoms with Gasteiger partial charge in [0.05, 0.1) is 9.79 Å². The van der Waals surface area contributed by atoms with Gasteiger partial charge in [-0.3, -0.25) is 4.79 Å². The van der Waals surface area contributed by atoms with Crippen LogP contribution in [0.15, 0.2) is 64.4 Å². The zero-order valence-corrected chi connectivity index (χ0v) is 21.7. The molecule has 1 saturated heterocycles. The second kappa shape index (κ2) is 9.96. The van der Waals surface area contributed by atoms with Gasteiger partial charge in [-0.15, -0.1) is 0 Å². The van der Waals surface area contributed by atoms with Crippen LogP contribution in [0.4, 0.5) is 11.6 Å². The van der Waals surface area contributed by atoms with E-state index >= 15 is 0 Å². The molecule has 0 spiro atoms. The van der Waals surface area contributed by atoms with Crippen molar-refractivity contribution in [3.05, 3.63) is 71.5 Å². The Morgan fingerprint density at radius 1 is 0.889 bits per heavy atom. The number of nitrogens with one attached hydrogen (secondary N) is 2. The third kappa shape index (κ3) is 5.55. The molecule has 2 aromatic carbocycles. The molecule has 12 heteroatoms. The van der Waals surface area contributed by atoms with Crippen molar-refractivity contribution < 1.29 is 21.6 Å². The summed E-state index contributed by atoms with van der Waals surface area (Å²) < 4.78 is 55.3. The fraction of sp³-hybridized carbons (Fsp3) is 0.292. The first-order chi connectivity index (χ1) is 17.0. The molecule has 0 bridgehead atoms. The zero-order chi connectivity index (χ0) is 26.1. The average Bonchev–Trinajstić information content (AvgIpc) is 3.30. The van der Waals surface area contributed by atoms with Gasteiger partial charge in [0.2, 0.25) is 21.9 Å². The minimum Gasteiger partial charge on any atom is -0.325 e. The van der Waals surface area contributed by atoms with Crippen molar-refractivity contribution in [2.45, 2.75) is 49.4 Å². The molecule has 1 atom stereocenters. The van der Waals surface area contributed by atoms with Crippen molar-refractivity contribution in [2.24, 2.45) is 0 Å². The number of rotatable bonds is 7. The molecule has 2 N–H and O–H groups in total. The first-order valence-corrected chi connectivity index (χ1v) is 14.2. The lowest BCUT2D eigenvalue weighted by Crippen LogP contribution is -2.43. The maximum Gasteiger partial charge on any atom is 0.264 e. The van der Waals surface area contributed by atoms with Crippen molar-refractivity contribution in [3.8, 4) is 0 Å². The van der Waals surface area contributed by atoms with Gasteiger partial charge >= 0.3 is 0 Å². The molecule has 36 heavy (non-hydrogen) atoms. The van der Waals surface area contributed by atoms with Gasteiger partial charge in [0, 0.05) is 23.6 Å². The lowest BCUT2D eigenvalue weighted by Gasteiger charge is -2.23. The van der Waals surface area contributed by atoms with E-state index in [9.17, 15) is 21.6 Å². The van der Waals surface area contributed by atoms with Crippen LogP contribution in [-0.4, -0.2) is 49.6 Å². The Morgan fingerprint density at radius 3 is 2.08 bits per heavy atom. The lowest BCUT2D eigenvalue weighted by molar-refractivity contribution is -0.119. The van der Waals surface area contributed by atoms with Crippen molar-refractivity contribution in [1.82, 2.24) is 14.3 Å². The van der Waals surface area contributed by atoms with E-state index < -0.39 is 32.0 Å². The van der Waals surface area contributed by atoms with Crippen molar-refractivity contribution in [1.29, 1.82) is 0 Å². The molecule has 1 aromatic heterocycles. The molecule has 1 aliphatic heterocycles. The van der Waals surface area contributed by atoms with E-state index in [2.05, 4.69) is 20.0 Å². The van der Waals surface area contributed by atoms with E-state index in [1.807, 2.05) is 6.92 Å². The Balaban J connectivity index is 1.47. The van der Waals surface area contributed by atoms with E-state index in [4.69, 9.17) is 0 Å². The average molecular weight is 530 g/mol. The molecule has 0 aliphatic carbocycles. The molecule has 1 amide bonds. The van der Waals surface area contributed by atoms with Crippen LogP contribution >= 0.6 is 0 Å². The Hall–Kier alpha value is -3.35. The van der Waals surface area contributed by atoms with Crippen LogP contribution in [0.25, 0.3) is 0 Å². The number of carbonyl (C=O) groups excluding carboxylic acids is 1. The van der Waals surface area contributed by atoms with Gasteiger partial charge in [-0.1, -0.05) is 17.7 Å². The predicted octanol–water partition coefficient (Wildman–Crippen LogP) is 2.99. The van der Waals surface area contributed by atoms with Gasteiger partial charge in [0.15, 0.2) is 0 Å². The number of hydrogen-bond acceptors (Lipinski definition) is 7. The molecule has 4 rings (SSSR count). The topological polar surface area (TPSA) is 138 Å². The number of amides is 1. The highest BCUT2D eigenvalue weighted by molar-refractivity contribution is 7.92. The van der Waals surface area contributed by atoms with Gasteiger partial charge in [0.1, 0.15) is 6.04 Å². The Labute approximate surface area is 210 Å². The maximum absolute atomic E-state index is 13.1. The number of sulfonamides is 2. The summed E-state index contributed by atoms with van der Waals surface area (Å²) in [6.45, 7) is 5.59. The van der Waals surface area contributed by atoms with Crippen LogP contribution in [-0.2, 0) is 24.8 Å². The van der Waals surface area contributed by atoms with E-state index in [1.54, 1.807) is 32.0 Å². The largest absolute Gasteiger partial charge is 0.325 e. The molecule has 3 aromatic rings. The molecule has 10 nitrogen and oxygen atoms in total. The first-order valence-electron chi connectivity index (χ1n) is 11.3.